The summed E-state index contributed by atoms with van der Waals surface area (Å²) in [7, 11) is 0. The normalized spacial score (nSPS) is 22.2. The fourth-order valence-electron chi connectivity index (χ4n) is 2.20. The number of aryl methyl sites for hydroxylation is 1. The maximum absolute atomic E-state index is 11.9. The molecule has 1 heterocycles. The average molecular weight is 279 g/mol. The second kappa shape index (κ2) is 5.97. The number of thiazole rings is 1. The first kappa shape index (κ1) is 13.7. The molecule has 0 spiro atoms. The van der Waals surface area contributed by atoms with E-state index in [2.05, 4.69) is 10.3 Å². The van der Waals surface area contributed by atoms with E-state index in [0.29, 0.717) is 12.8 Å². The van der Waals surface area contributed by atoms with Crippen LogP contribution >= 0.6 is 11.3 Å². The van der Waals surface area contributed by atoms with Crippen molar-refractivity contribution in [1.82, 2.24) is 10.3 Å². The van der Waals surface area contributed by atoms with Crippen molar-refractivity contribution in [2.75, 3.05) is 0 Å². The zero-order chi connectivity index (χ0) is 13.8. The Morgan fingerprint density at radius 1 is 1.47 bits per heavy atom. The van der Waals surface area contributed by atoms with Crippen LogP contribution in [0.25, 0.3) is 0 Å². The van der Waals surface area contributed by atoms with Crippen molar-refractivity contribution in [1.29, 1.82) is 0 Å². The molecule has 0 aliphatic heterocycles. The fraction of sp³-hybridized carbons (Fsp3) is 0.462. The Labute approximate surface area is 115 Å². The quantitative estimate of drug-likeness (QED) is 0.804. The van der Waals surface area contributed by atoms with Gasteiger partial charge in [0, 0.05) is 11.4 Å². The van der Waals surface area contributed by atoms with Crippen LogP contribution in [-0.4, -0.2) is 22.8 Å². The van der Waals surface area contributed by atoms with Crippen molar-refractivity contribution in [3.05, 3.63) is 28.2 Å². The first-order valence-corrected chi connectivity index (χ1v) is 7.09. The van der Waals surface area contributed by atoms with Gasteiger partial charge in [-0.1, -0.05) is 12.2 Å². The van der Waals surface area contributed by atoms with Crippen molar-refractivity contribution in [3.63, 3.8) is 0 Å². The highest BCUT2D eigenvalue weighted by Gasteiger charge is 2.28. The van der Waals surface area contributed by atoms with Gasteiger partial charge in [-0.05, 0) is 19.8 Å². The van der Waals surface area contributed by atoms with Crippen molar-refractivity contribution in [2.45, 2.75) is 32.2 Å². The van der Waals surface area contributed by atoms with Crippen molar-refractivity contribution in [3.8, 4) is 0 Å². The van der Waals surface area contributed by atoms with Gasteiger partial charge in [-0.15, -0.1) is 11.3 Å². The molecule has 3 N–H and O–H groups in total. The lowest BCUT2D eigenvalue weighted by atomic mass is 9.88. The number of hydrogen-bond donors (Lipinski definition) is 2. The molecule has 1 aliphatic rings. The number of allylic oxidation sites excluding steroid dienone is 1. The van der Waals surface area contributed by atoms with Crippen molar-refractivity contribution < 1.29 is 9.59 Å². The largest absolute Gasteiger partial charge is 0.369 e. The smallest absolute Gasteiger partial charge is 0.226 e. The maximum Gasteiger partial charge on any atom is 0.226 e. The molecule has 0 fully saturated rings. The van der Waals surface area contributed by atoms with Crippen LogP contribution in [-0.2, 0) is 16.0 Å². The zero-order valence-corrected chi connectivity index (χ0v) is 11.6. The molecular weight excluding hydrogens is 262 g/mol. The van der Waals surface area contributed by atoms with E-state index in [9.17, 15) is 9.59 Å². The third kappa shape index (κ3) is 3.64. The van der Waals surface area contributed by atoms with E-state index in [1.54, 1.807) is 0 Å². The fourth-order valence-corrected chi connectivity index (χ4v) is 2.81. The van der Waals surface area contributed by atoms with Crippen molar-refractivity contribution >= 4 is 23.2 Å². The molecule has 2 atom stereocenters. The van der Waals surface area contributed by atoms with Crippen LogP contribution in [0.15, 0.2) is 17.5 Å². The lowest BCUT2D eigenvalue weighted by molar-refractivity contribution is -0.124. The molecular formula is C13H17N3O2S. The Morgan fingerprint density at radius 2 is 2.21 bits per heavy atom. The summed E-state index contributed by atoms with van der Waals surface area (Å²) in [5.74, 6) is -0.790. The molecule has 0 bridgehead atoms. The summed E-state index contributed by atoms with van der Waals surface area (Å²) in [6, 6.07) is -0.199. The molecule has 2 amide bonds. The summed E-state index contributed by atoms with van der Waals surface area (Å²) in [6.45, 7) is 1.90. The first-order valence-electron chi connectivity index (χ1n) is 6.21. The Bertz CT molecular complexity index is 510. The Kier molecular flexibility index (Phi) is 4.31. The molecule has 1 aromatic rings. The van der Waals surface area contributed by atoms with E-state index in [1.807, 2.05) is 24.5 Å². The number of nitrogens with zero attached hydrogens (tertiary/aromatic N) is 1. The number of nitrogens with two attached hydrogens (primary N) is 1. The Balaban J connectivity index is 1.94. The summed E-state index contributed by atoms with van der Waals surface area (Å²) in [6.07, 6.45) is 5.39. The van der Waals surface area contributed by atoms with Crippen LogP contribution in [0.3, 0.4) is 0 Å². The highest BCUT2D eigenvalue weighted by atomic mass is 32.1. The molecule has 6 heteroatoms. The molecule has 5 nitrogen and oxygen atoms in total. The average Bonchev–Trinajstić information content (AvgIpc) is 2.75. The second-order valence-corrected chi connectivity index (χ2v) is 5.72. The van der Waals surface area contributed by atoms with Gasteiger partial charge in [-0.2, -0.15) is 0 Å². The Morgan fingerprint density at radius 3 is 2.84 bits per heavy atom. The van der Waals surface area contributed by atoms with Crippen LogP contribution in [0, 0.1) is 12.8 Å². The van der Waals surface area contributed by atoms with Crippen LogP contribution in [0.4, 0.5) is 0 Å². The highest BCUT2D eigenvalue weighted by Crippen LogP contribution is 2.19. The number of carbonyl (C=O) groups is 2. The molecule has 0 aromatic carbocycles. The molecule has 102 valence electrons. The van der Waals surface area contributed by atoms with Gasteiger partial charge >= 0.3 is 0 Å². The van der Waals surface area contributed by atoms with Gasteiger partial charge in [0.15, 0.2) is 0 Å². The topological polar surface area (TPSA) is 85.1 Å². The minimum Gasteiger partial charge on any atom is -0.369 e. The van der Waals surface area contributed by atoms with Gasteiger partial charge in [0.25, 0.3) is 0 Å². The minimum atomic E-state index is -0.362. The molecule has 1 aliphatic carbocycles. The predicted octanol–water partition coefficient (Wildman–Crippen LogP) is 0.930. The van der Waals surface area contributed by atoms with Gasteiger partial charge in [0.2, 0.25) is 11.8 Å². The van der Waals surface area contributed by atoms with Crippen LogP contribution in [0.2, 0.25) is 0 Å². The van der Waals surface area contributed by atoms with E-state index in [0.717, 1.165) is 10.7 Å². The summed E-state index contributed by atoms with van der Waals surface area (Å²) in [5.41, 5.74) is 6.12. The minimum absolute atomic E-state index is 0.114. The third-order valence-electron chi connectivity index (χ3n) is 3.15. The molecule has 2 rings (SSSR count). The number of hydrogen-bond acceptors (Lipinski definition) is 4. The number of carbonyl (C=O) groups excluding carboxylic acids is 2. The molecule has 0 unspecified atom stereocenters. The monoisotopic (exact) mass is 279 g/mol. The molecule has 0 saturated carbocycles. The SMILES string of the molecule is Cc1nc(CC(=O)N[C@H]2CC=CC[C@@H]2C(N)=O)cs1. The summed E-state index contributed by atoms with van der Waals surface area (Å²) in [4.78, 5) is 27.5. The van der Waals surface area contributed by atoms with E-state index >= 15 is 0 Å². The lowest BCUT2D eigenvalue weighted by Gasteiger charge is -2.26. The van der Waals surface area contributed by atoms with Gasteiger partial charge < -0.3 is 11.1 Å². The molecule has 0 saturated heterocycles. The first-order chi connectivity index (χ1) is 9.06. The number of nitrogens with one attached hydrogen (secondary N) is 1. The number of primary amides is 1. The van der Waals surface area contributed by atoms with Crippen molar-refractivity contribution in [2.24, 2.45) is 11.7 Å². The standard InChI is InChI=1S/C13H17N3O2S/c1-8-15-9(7-19-8)6-12(17)16-11-5-3-2-4-10(11)13(14)18/h2-3,7,10-11H,4-6H2,1H3,(H2,14,18)(H,16,17)/t10-,11-/m0/s1. The Hall–Kier alpha value is -1.69. The maximum atomic E-state index is 11.9. The van der Waals surface area contributed by atoms with Gasteiger partial charge in [-0.3, -0.25) is 9.59 Å². The molecule has 19 heavy (non-hydrogen) atoms. The van der Waals surface area contributed by atoms with Crippen LogP contribution in [0.5, 0.6) is 0 Å². The third-order valence-corrected chi connectivity index (χ3v) is 3.97. The van der Waals surface area contributed by atoms with Gasteiger partial charge in [0.05, 0.1) is 23.0 Å². The predicted molar refractivity (Wildman–Crippen MR) is 73.5 cm³/mol. The summed E-state index contributed by atoms with van der Waals surface area (Å²) in [5, 5.41) is 5.70. The van der Waals surface area contributed by atoms with Gasteiger partial charge in [-0.25, -0.2) is 4.98 Å². The van der Waals surface area contributed by atoms with Crippen LogP contribution < -0.4 is 11.1 Å². The molecule has 1 aromatic heterocycles. The second-order valence-electron chi connectivity index (χ2n) is 4.66. The van der Waals surface area contributed by atoms with E-state index in [1.165, 1.54) is 11.3 Å². The molecule has 0 radical (unpaired) electrons. The van der Waals surface area contributed by atoms with E-state index in [4.69, 9.17) is 5.73 Å². The zero-order valence-electron chi connectivity index (χ0n) is 10.8. The lowest BCUT2D eigenvalue weighted by Crippen LogP contribution is -2.46. The number of rotatable bonds is 4. The number of aromatic nitrogens is 1. The van der Waals surface area contributed by atoms with Gasteiger partial charge in [0.1, 0.15) is 0 Å². The highest BCUT2D eigenvalue weighted by molar-refractivity contribution is 7.09. The van der Waals surface area contributed by atoms with E-state index < -0.39 is 0 Å². The summed E-state index contributed by atoms with van der Waals surface area (Å²) >= 11 is 1.52. The number of amides is 2. The summed E-state index contributed by atoms with van der Waals surface area (Å²) < 4.78 is 0. The van der Waals surface area contributed by atoms with Crippen LogP contribution in [0.1, 0.15) is 23.5 Å². The van der Waals surface area contributed by atoms with E-state index in [-0.39, 0.29) is 30.2 Å².